The second-order valence-electron chi connectivity index (χ2n) is 3.98. The molecule has 20 heavy (non-hydrogen) atoms. The fraction of sp³-hybridized carbons (Fsp3) is 0.154. The van der Waals surface area contributed by atoms with Crippen LogP contribution in [0.5, 0.6) is 5.75 Å². The average Bonchev–Trinajstić information content (AvgIpc) is 2.46. The topological polar surface area (TPSA) is 59.5 Å². The van der Waals surface area contributed by atoms with Crippen molar-refractivity contribution < 1.29 is 13.2 Å². The van der Waals surface area contributed by atoms with E-state index >= 15 is 0 Å². The number of halogens is 1. The van der Waals surface area contributed by atoms with Crippen LogP contribution in [-0.2, 0) is 10.0 Å². The molecule has 0 bridgehead atoms. The van der Waals surface area contributed by atoms with Gasteiger partial charge in [0.1, 0.15) is 10.9 Å². The Morgan fingerprint density at radius 3 is 2.40 bits per heavy atom. The molecule has 0 saturated heterocycles. The number of sulfonamides is 1. The lowest BCUT2D eigenvalue weighted by molar-refractivity contribution is 0.415. The molecule has 0 fully saturated rings. The van der Waals surface area contributed by atoms with Gasteiger partial charge in [0.15, 0.2) is 0 Å². The highest BCUT2D eigenvalue weighted by molar-refractivity contribution is 7.92. The molecule has 0 aliphatic heterocycles. The number of rotatable bonds is 4. The molecule has 1 aromatic heterocycles. The van der Waals surface area contributed by atoms with Gasteiger partial charge in [0.2, 0.25) is 0 Å². The summed E-state index contributed by atoms with van der Waals surface area (Å²) in [4.78, 5) is 3.87. The van der Waals surface area contributed by atoms with E-state index < -0.39 is 10.0 Å². The van der Waals surface area contributed by atoms with Gasteiger partial charge in [0.25, 0.3) is 10.0 Å². The second-order valence-corrected chi connectivity index (χ2v) is 6.34. The molecular formula is C13H13ClN2O3S. The van der Waals surface area contributed by atoms with Gasteiger partial charge < -0.3 is 4.74 Å². The Bertz CT molecular complexity index is 702. The predicted octanol–water partition coefficient (Wildman–Crippen LogP) is 2.57. The van der Waals surface area contributed by atoms with Crippen molar-refractivity contribution in [1.82, 2.24) is 4.98 Å². The number of hydrogen-bond donors (Lipinski definition) is 0. The third kappa shape index (κ3) is 2.86. The zero-order valence-corrected chi connectivity index (χ0v) is 12.5. The van der Waals surface area contributed by atoms with Crippen LogP contribution < -0.4 is 9.04 Å². The lowest BCUT2D eigenvalue weighted by atomic mass is 10.3. The van der Waals surface area contributed by atoms with Gasteiger partial charge in [-0.15, -0.1) is 0 Å². The van der Waals surface area contributed by atoms with Crippen LogP contribution in [0.3, 0.4) is 0 Å². The number of pyridine rings is 1. The van der Waals surface area contributed by atoms with Crippen LogP contribution in [0.2, 0.25) is 5.15 Å². The maximum Gasteiger partial charge on any atom is 0.264 e. The van der Waals surface area contributed by atoms with Crippen LogP contribution in [0, 0.1) is 0 Å². The van der Waals surface area contributed by atoms with E-state index in [4.69, 9.17) is 16.3 Å². The van der Waals surface area contributed by atoms with E-state index in [0.717, 1.165) is 0 Å². The molecule has 0 aliphatic rings. The molecule has 0 N–H and O–H groups in total. The zero-order valence-electron chi connectivity index (χ0n) is 10.9. The molecule has 106 valence electrons. The number of methoxy groups -OCH3 is 1. The van der Waals surface area contributed by atoms with E-state index in [1.807, 2.05) is 0 Å². The van der Waals surface area contributed by atoms with Crippen LogP contribution in [0.4, 0.5) is 5.69 Å². The van der Waals surface area contributed by atoms with Gasteiger partial charge in [-0.1, -0.05) is 11.6 Å². The largest absolute Gasteiger partial charge is 0.497 e. The molecule has 7 heteroatoms. The molecule has 2 aromatic rings. The molecule has 0 radical (unpaired) electrons. The Hall–Kier alpha value is -1.79. The van der Waals surface area contributed by atoms with Gasteiger partial charge in [0.05, 0.1) is 17.7 Å². The van der Waals surface area contributed by atoms with Crippen molar-refractivity contribution in [2.24, 2.45) is 0 Å². The summed E-state index contributed by atoms with van der Waals surface area (Å²) in [5.74, 6) is 0.659. The molecule has 0 saturated carbocycles. The fourth-order valence-corrected chi connectivity index (χ4v) is 3.08. The Morgan fingerprint density at radius 2 is 1.85 bits per heavy atom. The summed E-state index contributed by atoms with van der Waals surface area (Å²) in [5, 5.41) is 0.134. The number of hydrogen-bond acceptors (Lipinski definition) is 4. The fourth-order valence-electron chi connectivity index (χ4n) is 1.63. The lowest BCUT2D eigenvalue weighted by Crippen LogP contribution is -2.26. The van der Waals surface area contributed by atoms with Crippen molar-refractivity contribution in [3.05, 3.63) is 47.7 Å². The number of ether oxygens (including phenoxy) is 1. The van der Waals surface area contributed by atoms with Crippen molar-refractivity contribution in [2.75, 3.05) is 18.5 Å². The maximum absolute atomic E-state index is 12.4. The van der Waals surface area contributed by atoms with Gasteiger partial charge in [-0.2, -0.15) is 0 Å². The minimum Gasteiger partial charge on any atom is -0.497 e. The van der Waals surface area contributed by atoms with Gasteiger partial charge in [-0.3, -0.25) is 4.31 Å². The van der Waals surface area contributed by atoms with Gasteiger partial charge in [-0.05, 0) is 36.4 Å². The van der Waals surface area contributed by atoms with Crippen LogP contribution in [0.1, 0.15) is 0 Å². The molecule has 0 unspecified atom stereocenters. The van der Waals surface area contributed by atoms with Crippen molar-refractivity contribution in [3.8, 4) is 5.75 Å². The highest BCUT2D eigenvalue weighted by Crippen LogP contribution is 2.24. The standard InChI is InChI=1S/C13H13ClN2O3S/c1-16(10-3-5-11(19-2)6-4-10)20(17,18)12-7-8-15-13(14)9-12/h3-9H,1-2H3. The summed E-state index contributed by atoms with van der Waals surface area (Å²) in [6.07, 6.45) is 1.36. The number of anilines is 1. The maximum atomic E-state index is 12.4. The SMILES string of the molecule is COc1ccc(N(C)S(=O)(=O)c2ccnc(Cl)c2)cc1. The third-order valence-corrected chi connectivity index (χ3v) is 4.78. The highest BCUT2D eigenvalue weighted by atomic mass is 35.5. The monoisotopic (exact) mass is 312 g/mol. The summed E-state index contributed by atoms with van der Waals surface area (Å²) in [7, 11) is -0.638. The second kappa shape index (κ2) is 5.68. The van der Waals surface area contributed by atoms with Crippen molar-refractivity contribution >= 4 is 27.3 Å². The van der Waals surface area contributed by atoms with E-state index in [2.05, 4.69) is 4.98 Å². The summed E-state index contributed by atoms with van der Waals surface area (Å²) in [6.45, 7) is 0. The first-order valence-electron chi connectivity index (χ1n) is 5.69. The van der Waals surface area contributed by atoms with Crippen molar-refractivity contribution in [1.29, 1.82) is 0 Å². The minimum atomic E-state index is -3.67. The average molecular weight is 313 g/mol. The van der Waals surface area contributed by atoms with Gasteiger partial charge in [-0.25, -0.2) is 13.4 Å². The first-order valence-corrected chi connectivity index (χ1v) is 7.51. The summed E-state index contributed by atoms with van der Waals surface area (Å²) in [5.41, 5.74) is 0.527. The quantitative estimate of drug-likeness (QED) is 0.814. The first kappa shape index (κ1) is 14.6. The molecule has 0 spiro atoms. The highest BCUT2D eigenvalue weighted by Gasteiger charge is 2.21. The molecule has 2 rings (SSSR count). The summed E-state index contributed by atoms with van der Waals surface area (Å²) < 4.78 is 31.1. The van der Waals surface area contributed by atoms with Crippen molar-refractivity contribution in [2.45, 2.75) is 4.90 Å². The summed E-state index contributed by atoms with van der Waals surface area (Å²) in [6, 6.07) is 9.44. The molecule has 1 aromatic carbocycles. The zero-order chi connectivity index (χ0) is 14.8. The van der Waals surface area contributed by atoms with E-state index in [9.17, 15) is 8.42 Å². The van der Waals surface area contributed by atoms with E-state index in [1.165, 1.54) is 29.7 Å². The molecular weight excluding hydrogens is 300 g/mol. The van der Waals surface area contributed by atoms with Crippen LogP contribution >= 0.6 is 11.6 Å². The molecule has 0 aliphatic carbocycles. The van der Waals surface area contributed by atoms with Gasteiger partial charge in [0, 0.05) is 13.2 Å². The smallest absolute Gasteiger partial charge is 0.264 e. The Balaban J connectivity index is 2.37. The normalized spacial score (nSPS) is 11.2. The van der Waals surface area contributed by atoms with Crippen LogP contribution in [-0.4, -0.2) is 27.6 Å². The minimum absolute atomic E-state index is 0.0934. The van der Waals surface area contributed by atoms with Crippen LogP contribution in [0.25, 0.3) is 0 Å². The van der Waals surface area contributed by atoms with Gasteiger partial charge >= 0.3 is 0 Å². The Kier molecular flexibility index (Phi) is 4.15. The Morgan fingerprint density at radius 1 is 1.20 bits per heavy atom. The van der Waals surface area contributed by atoms with E-state index in [-0.39, 0.29) is 10.0 Å². The molecule has 0 amide bonds. The van der Waals surface area contributed by atoms with E-state index in [1.54, 1.807) is 31.4 Å². The van der Waals surface area contributed by atoms with E-state index in [0.29, 0.717) is 11.4 Å². The summed E-state index contributed by atoms with van der Waals surface area (Å²) >= 11 is 5.73. The van der Waals surface area contributed by atoms with Crippen LogP contribution in [0.15, 0.2) is 47.5 Å². The van der Waals surface area contributed by atoms with Crippen molar-refractivity contribution in [3.63, 3.8) is 0 Å². The predicted molar refractivity (Wildman–Crippen MR) is 77.8 cm³/mol. The number of nitrogens with zero attached hydrogens (tertiary/aromatic N) is 2. The Labute approximate surface area is 122 Å². The number of aromatic nitrogens is 1. The number of benzene rings is 1. The molecule has 0 atom stereocenters. The third-order valence-electron chi connectivity index (χ3n) is 2.79. The molecule has 5 nitrogen and oxygen atoms in total. The first-order chi connectivity index (χ1) is 9.45. The lowest BCUT2D eigenvalue weighted by Gasteiger charge is -2.19. The molecule has 1 heterocycles.